The lowest BCUT2D eigenvalue weighted by Crippen LogP contribution is -2.65. The average Bonchev–Trinajstić information content (AvgIpc) is 3.93. The number of allylic oxidation sites excluding steroid dienone is 1. The van der Waals surface area contributed by atoms with Crippen LogP contribution in [0.2, 0.25) is 0 Å². The fraction of sp³-hybridized carbons (Fsp3) is 0.963. The zero-order valence-corrected chi connectivity index (χ0v) is 46.3. The molecule has 5 heterocycles. The van der Waals surface area contributed by atoms with Crippen molar-refractivity contribution in [2.45, 2.75) is 259 Å². The summed E-state index contributed by atoms with van der Waals surface area (Å²) >= 11 is 0. The molecule has 0 aromatic carbocycles. The smallest absolute Gasteiger partial charge is 0.187 e. The Bertz CT molecular complexity index is 1990. The fourth-order valence-corrected chi connectivity index (χ4v) is 15.4. The van der Waals surface area contributed by atoms with Crippen LogP contribution in [-0.2, 0) is 61.6 Å². The first kappa shape index (κ1) is 61.3. The van der Waals surface area contributed by atoms with Crippen molar-refractivity contribution in [1.29, 1.82) is 0 Å². The maximum absolute atomic E-state index is 12.1. The number of aliphatic hydroxyl groups is 11. The van der Waals surface area contributed by atoms with Crippen molar-refractivity contribution in [2.24, 2.45) is 34.5 Å². The molecule has 0 bridgehead atoms. The number of hydrogen-bond acceptors (Lipinski definition) is 24. The van der Waals surface area contributed by atoms with Crippen LogP contribution in [0.3, 0.4) is 0 Å². The fourth-order valence-electron chi connectivity index (χ4n) is 15.4. The van der Waals surface area contributed by atoms with Gasteiger partial charge in [-0.2, -0.15) is 0 Å². The molecule has 9 aliphatic rings. The second-order valence-electron chi connectivity index (χ2n) is 24.3. The molecule has 0 radical (unpaired) electrons. The van der Waals surface area contributed by atoms with E-state index in [9.17, 15) is 56.2 Å². The molecule has 0 aromatic rings. The monoisotopic (exact) mass is 1120 g/mol. The molecule has 24 heteroatoms. The van der Waals surface area contributed by atoms with E-state index in [2.05, 4.69) is 19.9 Å². The van der Waals surface area contributed by atoms with Crippen molar-refractivity contribution in [2.75, 3.05) is 34.5 Å². The summed E-state index contributed by atoms with van der Waals surface area (Å²) < 4.78 is 78.8. The Morgan fingerprint density at radius 1 is 0.590 bits per heavy atom. The number of ether oxygens (including phenoxy) is 13. The van der Waals surface area contributed by atoms with Crippen molar-refractivity contribution < 1.29 is 118 Å². The van der Waals surface area contributed by atoms with Crippen molar-refractivity contribution in [1.82, 2.24) is 0 Å². The first-order valence-electron chi connectivity index (χ1n) is 28.2. The highest BCUT2D eigenvalue weighted by Crippen LogP contribution is 2.67. The molecular weight excluding hydrogens is 1030 g/mol. The lowest BCUT2D eigenvalue weighted by atomic mass is 9.47. The molecule has 11 N–H and O–H groups in total. The topological polar surface area (TPSA) is 343 Å². The number of hydrogen-bond donors (Lipinski definition) is 11. The highest BCUT2D eigenvalue weighted by molar-refractivity contribution is 5.26. The van der Waals surface area contributed by atoms with Crippen LogP contribution in [0.4, 0.5) is 0 Å². The van der Waals surface area contributed by atoms with Crippen LogP contribution in [0.25, 0.3) is 0 Å². The van der Waals surface area contributed by atoms with E-state index in [1.807, 2.05) is 13.8 Å². The summed E-state index contributed by atoms with van der Waals surface area (Å²) in [6.07, 6.45) is -21.9. The summed E-state index contributed by atoms with van der Waals surface area (Å²) in [5, 5.41) is 119. The van der Waals surface area contributed by atoms with Crippen molar-refractivity contribution in [3.63, 3.8) is 0 Å². The molecule has 5 aliphatic heterocycles. The van der Waals surface area contributed by atoms with Crippen molar-refractivity contribution in [3.8, 4) is 0 Å². The number of aliphatic hydroxyl groups excluding tert-OH is 11. The van der Waals surface area contributed by atoms with Gasteiger partial charge in [0.2, 0.25) is 0 Å². The number of fused-ring (bicyclic) bond motifs is 5. The molecule has 4 aliphatic carbocycles. The summed E-state index contributed by atoms with van der Waals surface area (Å²) in [6.45, 7) is 10.5. The third-order valence-corrected chi connectivity index (χ3v) is 19.9. The minimum Gasteiger partial charge on any atom is -0.394 e. The Hall–Kier alpha value is -1.22. The molecule has 1 unspecified atom stereocenters. The Labute approximate surface area is 456 Å². The standard InChI is InChI=1S/C54H90O24/c1-21(71-52-48(47(68-9)37(58)23(3)73-52)78-50-43(64)41(62)39(60)33(76-50)20-69-49-42(63)40(61)38(59)32(19-55)75-49)35-30(56)17-29-27-11-10-25-16-26(12-14-53(25,5)28(27)13-15-54(29,35)6)74-34-18-31(66-7)45(24(4)70-34)77-51-44(65)46(67-8)36(57)22(2)72-51/h10,21-24,26-52,55-65H,11-20H2,1-9H3/t21?,22-,23-,24-,26+,27-,28+,29+,30-,31+,32-,33-,34+,35+,36+,37+,38-,39-,40+,41+,42-,43-,44-,45-,46+,47+,48-,49-,50+,51+,52-,53+,54+/m1/s1. The number of rotatable bonds is 16. The predicted octanol–water partition coefficient (Wildman–Crippen LogP) is -1.53. The third-order valence-electron chi connectivity index (χ3n) is 19.9. The number of methoxy groups -OCH3 is 3. The van der Waals surface area contributed by atoms with Crippen LogP contribution in [0.5, 0.6) is 0 Å². The molecule has 78 heavy (non-hydrogen) atoms. The van der Waals surface area contributed by atoms with E-state index in [1.54, 1.807) is 21.0 Å². The van der Waals surface area contributed by atoms with E-state index >= 15 is 0 Å². The maximum atomic E-state index is 12.1. The van der Waals surface area contributed by atoms with Gasteiger partial charge in [0.05, 0.1) is 55.9 Å². The molecule has 9 rings (SSSR count). The molecular formula is C54H90O24. The van der Waals surface area contributed by atoms with Crippen LogP contribution >= 0.6 is 0 Å². The largest absolute Gasteiger partial charge is 0.394 e. The second kappa shape index (κ2) is 24.8. The highest BCUT2D eigenvalue weighted by Gasteiger charge is 2.63. The summed E-state index contributed by atoms with van der Waals surface area (Å²) in [5.41, 5.74) is 0.988. The molecule has 5 saturated heterocycles. The van der Waals surface area contributed by atoms with E-state index in [0.717, 1.165) is 38.5 Å². The quantitative estimate of drug-likeness (QED) is 0.0782. The van der Waals surface area contributed by atoms with E-state index < -0.39 is 173 Å². The van der Waals surface area contributed by atoms with Gasteiger partial charge in [0.15, 0.2) is 31.5 Å². The zero-order chi connectivity index (χ0) is 56.4. The van der Waals surface area contributed by atoms with Gasteiger partial charge >= 0.3 is 0 Å². The first-order chi connectivity index (χ1) is 37.0. The van der Waals surface area contributed by atoms with Gasteiger partial charge in [0, 0.05) is 33.7 Å². The third kappa shape index (κ3) is 11.4. The van der Waals surface area contributed by atoms with Gasteiger partial charge in [0.25, 0.3) is 0 Å². The van der Waals surface area contributed by atoms with Gasteiger partial charge in [-0.05, 0) is 101 Å². The average molecular weight is 1120 g/mol. The predicted molar refractivity (Wildman–Crippen MR) is 266 cm³/mol. The lowest BCUT2D eigenvalue weighted by molar-refractivity contribution is -0.376. The van der Waals surface area contributed by atoms with Crippen LogP contribution in [0.15, 0.2) is 11.6 Å². The van der Waals surface area contributed by atoms with Gasteiger partial charge in [-0.1, -0.05) is 25.5 Å². The Morgan fingerprint density at radius 2 is 1.21 bits per heavy atom. The highest BCUT2D eigenvalue weighted by atomic mass is 16.8. The van der Waals surface area contributed by atoms with Crippen LogP contribution in [-0.4, -0.2) is 256 Å². The molecule has 24 nitrogen and oxygen atoms in total. The molecule has 3 saturated carbocycles. The van der Waals surface area contributed by atoms with Gasteiger partial charge in [-0.3, -0.25) is 0 Å². The Balaban J connectivity index is 0.832. The second-order valence-corrected chi connectivity index (χ2v) is 24.3. The Morgan fingerprint density at radius 3 is 1.87 bits per heavy atom. The summed E-state index contributed by atoms with van der Waals surface area (Å²) in [4.78, 5) is 0. The van der Waals surface area contributed by atoms with E-state index in [1.165, 1.54) is 19.8 Å². The zero-order valence-electron chi connectivity index (χ0n) is 46.3. The summed E-state index contributed by atoms with van der Waals surface area (Å²) in [7, 11) is 4.41. The van der Waals surface area contributed by atoms with Gasteiger partial charge in [-0.25, -0.2) is 0 Å². The molecule has 0 spiro atoms. The molecule has 8 fully saturated rings. The molecule has 450 valence electrons. The molecule has 0 amide bonds. The normalized spacial score (nSPS) is 54.1. The molecule has 33 atom stereocenters. The van der Waals surface area contributed by atoms with Gasteiger partial charge in [-0.15, -0.1) is 0 Å². The first-order valence-corrected chi connectivity index (χ1v) is 28.2. The SMILES string of the molecule is CO[C@H]1[C@@H](O)[C@@H](C)O[C@@H](O[C@H]2[C@@H](OC)C[C@H](O[C@H]3CC[C@@]4(C)C(=CC[C@H]5[C@@H]6C[C@@H](O)[C@H](C(C)O[C@@H]7O[C@H](C)[C@H](O)[C@H](OC)[C@H]7O[C@@H]7O[C@H](CO[C@@H]8O[C@H](CO)[C@@H](O)[C@H](O)[C@H]8O)[C@@H](O)[C@H](O)[C@H]7O)[C@@]6(C)CC[C@@H]54)C3)O[C@@H]2C)[C@@H]1O. The van der Waals surface area contributed by atoms with Gasteiger partial charge < -0.3 is 118 Å². The summed E-state index contributed by atoms with van der Waals surface area (Å²) in [6, 6.07) is 0. The lowest BCUT2D eigenvalue weighted by Gasteiger charge is -2.58. The van der Waals surface area contributed by atoms with Crippen LogP contribution in [0, 0.1) is 34.5 Å². The van der Waals surface area contributed by atoms with Crippen LogP contribution < -0.4 is 0 Å². The van der Waals surface area contributed by atoms with E-state index in [0.29, 0.717) is 24.7 Å². The minimum atomic E-state index is -1.84. The van der Waals surface area contributed by atoms with E-state index in [-0.39, 0.29) is 28.8 Å². The Kier molecular flexibility index (Phi) is 19.5. The summed E-state index contributed by atoms with van der Waals surface area (Å²) in [5.74, 6) is 0.519. The van der Waals surface area contributed by atoms with Crippen molar-refractivity contribution in [3.05, 3.63) is 11.6 Å². The van der Waals surface area contributed by atoms with Gasteiger partial charge in [0.1, 0.15) is 91.6 Å². The minimum absolute atomic E-state index is 0.0668. The van der Waals surface area contributed by atoms with Crippen LogP contribution in [0.1, 0.15) is 92.9 Å². The molecule has 0 aromatic heterocycles. The maximum Gasteiger partial charge on any atom is 0.187 e. The van der Waals surface area contributed by atoms with E-state index in [4.69, 9.17) is 61.6 Å². The van der Waals surface area contributed by atoms with Crippen molar-refractivity contribution >= 4 is 0 Å².